The van der Waals surface area contributed by atoms with Gasteiger partial charge < -0.3 is 40.2 Å². The number of carbonyl (C=O) groups is 4. The summed E-state index contributed by atoms with van der Waals surface area (Å²) in [5, 5.41) is 15.4. The van der Waals surface area contributed by atoms with Gasteiger partial charge in [0, 0.05) is 97.7 Å². The molecule has 0 amide bonds. The topological polar surface area (TPSA) is 153 Å². The van der Waals surface area contributed by atoms with Crippen LogP contribution in [0.2, 0.25) is 0 Å². The van der Waals surface area contributed by atoms with Gasteiger partial charge in [-0.25, -0.2) is 19.2 Å². The standard InChI is InChI=1S/C54H84N4O8/c1-29(2)43-21-35(25-51(9,10)55-43)63-47(59)33-17-39-40(41(19-33)49(61)65-37-23-45(31(5)6)57-53(13,14)27-37)18-34(48(60)64-36-22-44(30(3)4)56-52(11,12)26-36)20-42(39)50(62)66-38-24-46(32(7)8)58-54(15,16)28-38/h17-20,29-32,35-38,43-46,55-58H,21-28H2,1-16H3. The number of esters is 4. The summed E-state index contributed by atoms with van der Waals surface area (Å²) in [6.45, 7) is 34.1. The van der Waals surface area contributed by atoms with Crippen molar-refractivity contribution in [3.05, 3.63) is 46.5 Å². The monoisotopic (exact) mass is 917 g/mol. The first kappa shape index (κ1) is 51.8. The van der Waals surface area contributed by atoms with Crippen LogP contribution in [0.5, 0.6) is 0 Å². The molecule has 0 spiro atoms. The number of fused-ring (bicyclic) bond motifs is 1. The zero-order valence-corrected chi connectivity index (χ0v) is 43.2. The molecule has 0 aliphatic carbocycles. The van der Waals surface area contributed by atoms with Crippen molar-refractivity contribution in [3.63, 3.8) is 0 Å². The van der Waals surface area contributed by atoms with Crippen molar-refractivity contribution >= 4 is 34.6 Å². The van der Waals surface area contributed by atoms with Gasteiger partial charge in [-0.05, 0) is 114 Å². The molecule has 4 N–H and O–H groups in total. The highest BCUT2D eigenvalue weighted by Gasteiger charge is 2.41. The lowest BCUT2D eigenvalue weighted by molar-refractivity contribution is -0.00169. The molecule has 4 heterocycles. The molecule has 4 aliphatic heterocycles. The Morgan fingerprint density at radius 3 is 0.864 bits per heavy atom. The van der Waals surface area contributed by atoms with Crippen LogP contribution in [0, 0.1) is 23.7 Å². The van der Waals surface area contributed by atoms with Crippen LogP contribution in [0.4, 0.5) is 0 Å². The number of nitrogens with one attached hydrogen (secondary N) is 4. The highest BCUT2D eigenvalue weighted by molar-refractivity contribution is 6.15. The van der Waals surface area contributed by atoms with Gasteiger partial charge in [0.2, 0.25) is 0 Å². The van der Waals surface area contributed by atoms with Gasteiger partial charge in [0.15, 0.2) is 0 Å². The van der Waals surface area contributed by atoms with Crippen LogP contribution in [0.15, 0.2) is 24.3 Å². The summed E-state index contributed by atoms with van der Waals surface area (Å²) in [5.41, 5.74) is -0.784. The van der Waals surface area contributed by atoms with Crippen LogP contribution in [0.25, 0.3) is 10.8 Å². The van der Waals surface area contributed by atoms with Crippen molar-refractivity contribution in [1.29, 1.82) is 0 Å². The zero-order valence-electron chi connectivity index (χ0n) is 43.2. The maximum Gasteiger partial charge on any atom is 0.339 e. The van der Waals surface area contributed by atoms with E-state index in [1.54, 1.807) is 12.1 Å². The fraction of sp³-hybridized carbons (Fsp3) is 0.741. The molecule has 2 aromatic carbocycles. The van der Waals surface area contributed by atoms with E-state index >= 15 is 0 Å². The van der Waals surface area contributed by atoms with E-state index in [-0.39, 0.29) is 80.8 Å². The van der Waals surface area contributed by atoms with Crippen LogP contribution >= 0.6 is 0 Å². The molecule has 8 atom stereocenters. The van der Waals surface area contributed by atoms with Gasteiger partial charge in [-0.1, -0.05) is 55.4 Å². The Labute approximate surface area is 395 Å². The van der Waals surface area contributed by atoms with Crippen molar-refractivity contribution < 1.29 is 38.1 Å². The summed E-state index contributed by atoms with van der Waals surface area (Å²) in [6, 6.07) is 6.75. The van der Waals surface area contributed by atoms with Crippen molar-refractivity contribution in [1.82, 2.24) is 21.3 Å². The van der Waals surface area contributed by atoms with E-state index < -0.39 is 36.1 Å². The fourth-order valence-electron chi connectivity index (χ4n) is 11.2. The number of hydrogen-bond acceptors (Lipinski definition) is 12. The van der Waals surface area contributed by atoms with Crippen LogP contribution in [-0.4, -0.2) is 94.6 Å². The number of ether oxygens (including phenoxy) is 4. The van der Waals surface area contributed by atoms with Crippen LogP contribution < -0.4 is 21.3 Å². The molecule has 6 rings (SSSR count). The molecular weight excluding hydrogens is 833 g/mol. The Bertz CT molecular complexity index is 1960. The Balaban J connectivity index is 1.47. The van der Waals surface area contributed by atoms with Crippen molar-refractivity contribution in [2.75, 3.05) is 0 Å². The van der Waals surface area contributed by atoms with Crippen molar-refractivity contribution in [3.8, 4) is 0 Å². The highest BCUT2D eigenvalue weighted by Crippen LogP contribution is 2.36. The third-order valence-corrected chi connectivity index (χ3v) is 14.6. The minimum atomic E-state index is -0.646. The Kier molecular flexibility index (Phi) is 15.5. The van der Waals surface area contributed by atoms with E-state index in [0.717, 1.165) is 0 Å². The van der Waals surface area contributed by atoms with Gasteiger partial charge >= 0.3 is 23.9 Å². The Morgan fingerprint density at radius 1 is 0.409 bits per heavy atom. The number of carbonyl (C=O) groups excluding carboxylic acids is 4. The summed E-state index contributed by atoms with van der Waals surface area (Å²) >= 11 is 0. The van der Waals surface area contributed by atoms with E-state index in [1.165, 1.54) is 12.1 Å². The molecule has 8 unspecified atom stereocenters. The van der Waals surface area contributed by atoms with Gasteiger partial charge in [0.25, 0.3) is 0 Å². The molecule has 4 fully saturated rings. The summed E-state index contributed by atoms with van der Waals surface area (Å²) in [7, 11) is 0. The van der Waals surface area contributed by atoms with Crippen molar-refractivity contribution in [2.24, 2.45) is 23.7 Å². The van der Waals surface area contributed by atoms with Gasteiger partial charge in [-0.15, -0.1) is 0 Å². The van der Waals surface area contributed by atoms with E-state index in [4.69, 9.17) is 18.9 Å². The second-order valence-electron chi connectivity index (χ2n) is 24.5. The molecular formula is C54H84N4O8. The van der Waals surface area contributed by atoms with E-state index in [1.807, 2.05) is 0 Å². The molecule has 0 aromatic heterocycles. The van der Waals surface area contributed by atoms with E-state index in [0.29, 0.717) is 85.8 Å². The summed E-state index contributed by atoms with van der Waals surface area (Å²) < 4.78 is 25.5. The Hall–Kier alpha value is -3.58. The van der Waals surface area contributed by atoms with Crippen molar-refractivity contribution in [2.45, 2.75) is 233 Å². The normalized spacial score (nSPS) is 29.5. The van der Waals surface area contributed by atoms with E-state index in [2.05, 4.69) is 132 Å². The van der Waals surface area contributed by atoms with Gasteiger partial charge in [-0.2, -0.15) is 0 Å². The number of benzene rings is 2. The lowest BCUT2D eigenvalue weighted by Gasteiger charge is -2.43. The summed E-state index contributed by atoms with van der Waals surface area (Å²) in [4.78, 5) is 58.7. The molecule has 0 bridgehead atoms. The third-order valence-electron chi connectivity index (χ3n) is 14.6. The first-order valence-electron chi connectivity index (χ1n) is 25.1. The lowest BCUT2D eigenvalue weighted by atomic mass is 9.83. The van der Waals surface area contributed by atoms with Crippen LogP contribution in [0.1, 0.15) is 204 Å². The van der Waals surface area contributed by atoms with E-state index in [9.17, 15) is 19.2 Å². The molecule has 0 saturated carbocycles. The summed E-state index contributed by atoms with van der Waals surface area (Å²) in [5.74, 6) is -1.27. The Morgan fingerprint density at radius 2 is 0.636 bits per heavy atom. The number of rotatable bonds is 12. The summed E-state index contributed by atoms with van der Waals surface area (Å²) in [6.07, 6.45) is 3.23. The quantitative estimate of drug-likeness (QED) is 0.118. The van der Waals surface area contributed by atoms with Crippen LogP contribution in [0.3, 0.4) is 0 Å². The number of piperidine rings is 4. The third kappa shape index (κ3) is 12.9. The molecule has 4 aliphatic rings. The molecule has 2 aromatic rings. The highest BCUT2D eigenvalue weighted by atomic mass is 16.6. The SMILES string of the molecule is CC(C)C1CC(OC(=O)c2cc(C(=O)OC3CC(C(C)C)NC(C)(C)C3)c3cc(C(=O)OC4CC(C(C)C)NC(C)(C)C4)cc(C(=O)OC4CC(C(C)C)NC(C)(C)C4)c3c2)CC(C)(C)N1. The van der Waals surface area contributed by atoms with Gasteiger partial charge in [-0.3, -0.25) is 0 Å². The predicted octanol–water partition coefficient (Wildman–Crippen LogP) is 9.69. The molecule has 66 heavy (non-hydrogen) atoms. The van der Waals surface area contributed by atoms with Gasteiger partial charge in [0.1, 0.15) is 24.4 Å². The smallest absolute Gasteiger partial charge is 0.339 e. The van der Waals surface area contributed by atoms with Crippen LogP contribution in [-0.2, 0) is 18.9 Å². The molecule has 368 valence electrons. The molecule has 0 radical (unpaired) electrons. The predicted molar refractivity (Wildman–Crippen MR) is 261 cm³/mol. The molecule has 12 heteroatoms. The first-order valence-corrected chi connectivity index (χ1v) is 25.1. The number of hydrogen-bond donors (Lipinski definition) is 4. The second-order valence-corrected chi connectivity index (χ2v) is 24.5. The lowest BCUT2D eigenvalue weighted by Crippen LogP contribution is -2.56. The first-order chi connectivity index (χ1) is 30.5. The molecule has 12 nitrogen and oxygen atoms in total. The second kappa shape index (κ2) is 19.8. The minimum absolute atomic E-state index is 0.0667. The average Bonchev–Trinajstić information content (AvgIpc) is 3.17. The van der Waals surface area contributed by atoms with Gasteiger partial charge in [0.05, 0.1) is 22.3 Å². The zero-order chi connectivity index (χ0) is 48.8. The molecule has 4 saturated heterocycles. The maximum absolute atomic E-state index is 14.9. The fourth-order valence-corrected chi connectivity index (χ4v) is 11.2. The maximum atomic E-state index is 14.9. The average molecular weight is 917 g/mol. The minimum Gasteiger partial charge on any atom is -0.459 e. The largest absolute Gasteiger partial charge is 0.459 e.